The minimum Gasteiger partial charge on any atom is -0.381 e. The maximum atomic E-state index is 13.0. The first kappa shape index (κ1) is 20.3. The summed E-state index contributed by atoms with van der Waals surface area (Å²) >= 11 is 0. The minimum atomic E-state index is -0.924. The van der Waals surface area contributed by atoms with Crippen molar-refractivity contribution in [2.45, 2.75) is 24.8 Å². The van der Waals surface area contributed by atoms with Crippen molar-refractivity contribution in [1.29, 1.82) is 0 Å². The summed E-state index contributed by atoms with van der Waals surface area (Å²) < 4.78 is 5.29. The molecule has 148 valence electrons. The number of carbonyl (C=O) groups excluding carboxylic acids is 2. The lowest BCUT2D eigenvalue weighted by molar-refractivity contribution is -0.124. The Morgan fingerprint density at radius 3 is 2.61 bits per heavy atom. The van der Waals surface area contributed by atoms with Crippen molar-refractivity contribution in [3.8, 4) is 0 Å². The summed E-state index contributed by atoms with van der Waals surface area (Å²) in [6.07, 6.45) is 1.83. The quantitative estimate of drug-likeness (QED) is 0.828. The molecule has 2 aromatic carbocycles. The molecule has 2 aliphatic rings. The molecule has 0 bridgehead atoms. The summed E-state index contributed by atoms with van der Waals surface area (Å²) in [5.41, 5.74) is 8.57. The number of nitrogens with one attached hydrogen (secondary N) is 1. The first-order valence-electron chi connectivity index (χ1n) is 9.25. The second-order valence-corrected chi connectivity index (χ2v) is 7.14. The Kier molecular flexibility index (Phi) is 6.03. The van der Waals surface area contributed by atoms with Gasteiger partial charge in [-0.15, -0.1) is 12.4 Å². The molecule has 2 aliphatic heterocycles. The second-order valence-electron chi connectivity index (χ2n) is 7.14. The Balaban J connectivity index is 0.00000225. The molecule has 3 N–H and O–H groups in total. The summed E-state index contributed by atoms with van der Waals surface area (Å²) in [6.45, 7) is 1.63. The highest BCUT2D eigenvalue weighted by atomic mass is 35.5. The third-order valence-corrected chi connectivity index (χ3v) is 5.34. The summed E-state index contributed by atoms with van der Waals surface area (Å²) in [5, 5.41) is 2.87. The van der Waals surface area contributed by atoms with E-state index in [0.29, 0.717) is 43.9 Å². The number of hydrogen-bond acceptors (Lipinski definition) is 4. The topological polar surface area (TPSA) is 84.7 Å². The molecule has 28 heavy (non-hydrogen) atoms. The average Bonchev–Trinajstić information content (AvgIpc) is 3.12. The highest BCUT2D eigenvalue weighted by Crippen LogP contribution is 2.29. The van der Waals surface area contributed by atoms with E-state index in [-0.39, 0.29) is 24.2 Å². The van der Waals surface area contributed by atoms with Crippen LogP contribution >= 0.6 is 12.4 Å². The van der Waals surface area contributed by atoms with Gasteiger partial charge in [0.1, 0.15) is 5.54 Å². The Labute approximate surface area is 170 Å². The number of benzene rings is 2. The smallest absolute Gasteiger partial charge is 0.258 e. The molecule has 2 heterocycles. The van der Waals surface area contributed by atoms with Gasteiger partial charge in [0.2, 0.25) is 5.91 Å². The number of hydrogen-bond donors (Lipinski definition) is 2. The zero-order chi connectivity index (χ0) is 18.9. The molecular weight excluding hydrogens is 378 g/mol. The molecule has 0 saturated carbocycles. The van der Waals surface area contributed by atoms with Crippen molar-refractivity contribution < 1.29 is 14.3 Å². The van der Waals surface area contributed by atoms with E-state index < -0.39 is 5.54 Å². The van der Waals surface area contributed by atoms with Crippen LogP contribution in [-0.4, -0.2) is 37.1 Å². The number of anilines is 2. The van der Waals surface area contributed by atoms with E-state index in [9.17, 15) is 9.59 Å². The fourth-order valence-corrected chi connectivity index (χ4v) is 3.65. The molecule has 6 nitrogen and oxygen atoms in total. The molecule has 1 fully saturated rings. The van der Waals surface area contributed by atoms with Crippen molar-refractivity contribution in [1.82, 2.24) is 0 Å². The van der Waals surface area contributed by atoms with Crippen molar-refractivity contribution in [3.05, 3.63) is 59.7 Å². The van der Waals surface area contributed by atoms with E-state index in [1.807, 2.05) is 24.3 Å². The first-order chi connectivity index (χ1) is 13.1. The number of halogens is 1. The predicted octanol–water partition coefficient (Wildman–Crippen LogP) is 2.76. The Bertz CT molecular complexity index is 881. The molecular formula is C21H24ClN3O3. The third kappa shape index (κ3) is 3.90. The van der Waals surface area contributed by atoms with E-state index in [1.54, 1.807) is 29.2 Å². The van der Waals surface area contributed by atoms with Gasteiger partial charge in [0, 0.05) is 36.7 Å². The molecule has 0 atom stereocenters. The fraction of sp³-hybridized carbons (Fsp3) is 0.333. The van der Waals surface area contributed by atoms with Gasteiger partial charge in [-0.1, -0.05) is 24.3 Å². The standard InChI is InChI=1S/C21H23N3O3.ClH/c22-21(9-12-27-13-10-21)20(26)23-17-6-3-5-16(14-17)19(25)24-11-8-15-4-1-2-7-18(15)24;/h1-7,14H,8-13,22H2,(H,23,26);1H. The molecule has 0 unspecified atom stereocenters. The van der Waals surface area contributed by atoms with Crippen molar-refractivity contribution in [2.24, 2.45) is 5.73 Å². The SMILES string of the molecule is Cl.NC1(C(=O)Nc2cccc(C(=O)N3CCc4ccccc43)c2)CCOCC1. The molecule has 4 rings (SSSR count). The van der Waals surface area contributed by atoms with Crippen LogP contribution in [0, 0.1) is 0 Å². The maximum Gasteiger partial charge on any atom is 0.258 e. The Morgan fingerprint density at radius 1 is 1.07 bits per heavy atom. The van der Waals surface area contributed by atoms with Gasteiger partial charge >= 0.3 is 0 Å². The summed E-state index contributed by atoms with van der Waals surface area (Å²) in [7, 11) is 0. The fourth-order valence-electron chi connectivity index (χ4n) is 3.65. The maximum absolute atomic E-state index is 13.0. The lowest BCUT2D eigenvalue weighted by Gasteiger charge is -2.31. The van der Waals surface area contributed by atoms with Crippen molar-refractivity contribution in [2.75, 3.05) is 30.0 Å². The van der Waals surface area contributed by atoms with E-state index in [0.717, 1.165) is 12.1 Å². The number of nitrogens with zero attached hydrogens (tertiary/aromatic N) is 1. The molecule has 1 saturated heterocycles. The van der Waals surface area contributed by atoms with Crippen LogP contribution in [-0.2, 0) is 16.0 Å². The highest BCUT2D eigenvalue weighted by molar-refractivity contribution is 6.08. The van der Waals surface area contributed by atoms with Crippen LogP contribution in [0.25, 0.3) is 0 Å². The number of carbonyl (C=O) groups is 2. The van der Waals surface area contributed by atoms with Crippen molar-refractivity contribution >= 4 is 35.6 Å². The molecule has 0 radical (unpaired) electrons. The summed E-state index contributed by atoms with van der Waals surface area (Å²) in [5.74, 6) is -0.300. The number of amides is 2. The number of rotatable bonds is 3. The van der Waals surface area contributed by atoms with Gasteiger partial charge in [0.05, 0.1) is 0 Å². The third-order valence-electron chi connectivity index (χ3n) is 5.34. The summed E-state index contributed by atoms with van der Waals surface area (Å²) in [6, 6.07) is 15.0. The lowest BCUT2D eigenvalue weighted by Crippen LogP contribution is -2.54. The lowest BCUT2D eigenvalue weighted by atomic mass is 9.90. The van der Waals surface area contributed by atoms with Crippen LogP contribution in [0.5, 0.6) is 0 Å². The highest BCUT2D eigenvalue weighted by Gasteiger charge is 2.36. The molecule has 0 spiro atoms. The molecule has 2 aromatic rings. The van der Waals surface area contributed by atoms with E-state index in [1.165, 1.54) is 5.56 Å². The largest absolute Gasteiger partial charge is 0.381 e. The monoisotopic (exact) mass is 401 g/mol. The van der Waals surface area contributed by atoms with E-state index in [2.05, 4.69) is 5.32 Å². The van der Waals surface area contributed by atoms with Crippen LogP contribution in [0.15, 0.2) is 48.5 Å². The number of fused-ring (bicyclic) bond motifs is 1. The second kappa shape index (κ2) is 8.31. The zero-order valence-electron chi connectivity index (χ0n) is 15.5. The van der Waals surface area contributed by atoms with Crippen LogP contribution in [0.1, 0.15) is 28.8 Å². The molecule has 2 amide bonds. The Hall–Kier alpha value is -2.41. The van der Waals surface area contributed by atoms with E-state index in [4.69, 9.17) is 10.5 Å². The number of ether oxygens (including phenoxy) is 1. The van der Waals surface area contributed by atoms with Gasteiger partial charge < -0.3 is 20.7 Å². The van der Waals surface area contributed by atoms with Crippen LogP contribution < -0.4 is 16.0 Å². The van der Waals surface area contributed by atoms with Gasteiger partial charge in [0.15, 0.2) is 0 Å². The normalized spacial score (nSPS) is 17.4. The van der Waals surface area contributed by atoms with Gasteiger partial charge in [-0.25, -0.2) is 0 Å². The number of para-hydroxylation sites is 1. The van der Waals surface area contributed by atoms with E-state index >= 15 is 0 Å². The minimum absolute atomic E-state index is 0. The van der Waals surface area contributed by atoms with Crippen LogP contribution in [0.2, 0.25) is 0 Å². The van der Waals surface area contributed by atoms with Crippen molar-refractivity contribution in [3.63, 3.8) is 0 Å². The first-order valence-corrected chi connectivity index (χ1v) is 9.25. The average molecular weight is 402 g/mol. The van der Waals surface area contributed by atoms with Crippen LogP contribution in [0.4, 0.5) is 11.4 Å². The predicted molar refractivity (Wildman–Crippen MR) is 111 cm³/mol. The summed E-state index contributed by atoms with van der Waals surface area (Å²) in [4.78, 5) is 27.4. The van der Waals surface area contributed by atoms with Gasteiger partial charge in [-0.05, 0) is 49.1 Å². The van der Waals surface area contributed by atoms with Gasteiger partial charge in [0.25, 0.3) is 5.91 Å². The zero-order valence-corrected chi connectivity index (χ0v) is 16.3. The molecule has 0 aliphatic carbocycles. The number of nitrogens with two attached hydrogens (primary N) is 1. The molecule has 0 aromatic heterocycles. The Morgan fingerprint density at radius 2 is 1.82 bits per heavy atom. The van der Waals surface area contributed by atoms with Gasteiger partial charge in [-0.3, -0.25) is 9.59 Å². The van der Waals surface area contributed by atoms with Crippen LogP contribution in [0.3, 0.4) is 0 Å². The van der Waals surface area contributed by atoms with Gasteiger partial charge in [-0.2, -0.15) is 0 Å². The molecule has 7 heteroatoms.